The summed E-state index contributed by atoms with van der Waals surface area (Å²) in [6.45, 7) is 0. The minimum Gasteiger partial charge on any atom is -0.497 e. The van der Waals surface area contributed by atoms with Crippen molar-refractivity contribution in [1.82, 2.24) is 9.55 Å². The molecule has 2 aromatic carbocycles. The molecule has 5 N–H and O–H groups in total. The lowest BCUT2D eigenvalue weighted by molar-refractivity contribution is 0.102. The zero-order valence-electron chi connectivity index (χ0n) is 16.5. The van der Waals surface area contributed by atoms with Gasteiger partial charge in [-0.25, -0.2) is 0 Å². The molecule has 0 unspecified atom stereocenters. The van der Waals surface area contributed by atoms with Gasteiger partial charge in [0.05, 0.1) is 36.8 Å². The smallest absolute Gasteiger partial charge is 0.261 e. The number of anilines is 3. The van der Waals surface area contributed by atoms with Gasteiger partial charge in [0.2, 0.25) is 0 Å². The Labute approximate surface area is 173 Å². The molecule has 4 aromatic rings. The molecule has 0 aliphatic heterocycles. The SMILES string of the molecule is COc1cc(OC)cc(-n2c(N)c(C(=O)Nc3ccccc3N)c3ncccc32)c1. The van der Waals surface area contributed by atoms with E-state index in [1.807, 2.05) is 18.2 Å². The Hall–Kier alpha value is -4.20. The Morgan fingerprint density at radius 2 is 1.70 bits per heavy atom. The van der Waals surface area contributed by atoms with Crippen molar-refractivity contribution in [3.8, 4) is 17.2 Å². The molecule has 30 heavy (non-hydrogen) atoms. The van der Waals surface area contributed by atoms with E-state index in [9.17, 15) is 4.79 Å². The number of hydrogen-bond acceptors (Lipinski definition) is 6. The van der Waals surface area contributed by atoms with Gasteiger partial charge >= 0.3 is 0 Å². The molecule has 2 heterocycles. The minimum absolute atomic E-state index is 0.242. The molecule has 0 fully saturated rings. The molecular formula is C22H21N5O3. The minimum atomic E-state index is -0.400. The average molecular weight is 403 g/mol. The maximum absolute atomic E-state index is 13.1. The highest BCUT2D eigenvalue weighted by Gasteiger charge is 2.24. The number of carbonyl (C=O) groups excluding carboxylic acids is 1. The van der Waals surface area contributed by atoms with Gasteiger partial charge in [-0.2, -0.15) is 0 Å². The van der Waals surface area contributed by atoms with Crippen molar-refractivity contribution in [2.45, 2.75) is 0 Å². The van der Waals surface area contributed by atoms with E-state index in [2.05, 4.69) is 10.3 Å². The van der Waals surface area contributed by atoms with Gasteiger partial charge in [0, 0.05) is 24.4 Å². The summed E-state index contributed by atoms with van der Waals surface area (Å²) in [5.41, 5.74) is 15.5. The fraction of sp³-hybridized carbons (Fsp3) is 0.0909. The molecule has 0 saturated heterocycles. The van der Waals surface area contributed by atoms with Crippen molar-refractivity contribution >= 4 is 34.1 Å². The summed E-state index contributed by atoms with van der Waals surface area (Å²) in [5.74, 6) is 1.03. The number of pyridine rings is 1. The highest BCUT2D eigenvalue weighted by Crippen LogP contribution is 2.34. The van der Waals surface area contributed by atoms with E-state index in [4.69, 9.17) is 20.9 Å². The van der Waals surface area contributed by atoms with E-state index in [-0.39, 0.29) is 11.4 Å². The number of carbonyl (C=O) groups is 1. The van der Waals surface area contributed by atoms with Crippen molar-refractivity contribution in [2.24, 2.45) is 0 Å². The molecule has 4 rings (SSSR count). The van der Waals surface area contributed by atoms with Crippen LogP contribution in [0.15, 0.2) is 60.8 Å². The Balaban J connectivity index is 1.89. The first kappa shape index (κ1) is 19.1. The van der Waals surface area contributed by atoms with Gasteiger partial charge < -0.3 is 26.3 Å². The predicted molar refractivity (Wildman–Crippen MR) is 117 cm³/mol. The summed E-state index contributed by atoms with van der Waals surface area (Å²) in [5, 5.41) is 2.82. The van der Waals surface area contributed by atoms with Crippen LogP contribution in [0.1, 0.15) is 10.4 Å². The van der Waals surface area contributed by atoms with Crippen LogP contribution < -0.4 is 26.3 Å². The molecule has 0 aliphatic rings. The normalized spacial score (nSPS) is 10.7. The van der Waals surface area contributed by atoms with E-state index in [0.29, 0.717) is 39.6 Å². The van der Waals surface area contributed by atoms with Crippen LogP contribution in [0.3, 0.4) is 0 Å². The number of fused-ring (bicyclic) bond motifs is 1. The molecule has 0 radical (unpaired) electrons. The van der Waals surface area contributed by atoms with Gasteiger partial charge in [0.15, 0.2) is 0 Å². The number of nitrogen functional groups attached to an aromatic ring is 2. The summed E-state index contributed by atoms with van der Waals surface area (Å²) in [7, 11) is 3.14. The first-order valence-electron chi connectivity index (χ1n) is 9.17. The fourth-order valence-electron chi connectivity index (χ4n) is 3.35. The maximum atomic E-state index is 13.1. The molecule has 1 amide bonds. The highest BCUT2D eigenvalue weighted by molar-refractivity contribution is 6.16. The van der Waals surface area contributed by atoms with Gasteiger partial charge in [0.1, 0.15) is 28.4 Å². The number of hydrogen-bond donors (Lipinski definition) is 3. The third kappa shape index (κ3) is 3.24. The second-order valence-electron chi connectivity index (χ2n) is 6.58. The standard InChI is InChI=1S/C22H21N5O3/c1-29-14-10-13(11-15(12-14)30-2)27-18-8-5-9-25-20(18)19(21(27)24)22(28)26-17-7-4-3-6-16(17)23/h3-12H,23-24H2,1-2H3,(H,26,28). The molecule has 0 aliphatic carbocycles. The largest absolute Gasteiger partial charge is 0.497 e. The van der Waals surface area contributed by atoms with Crippen LogP contribution in [-0.2, 0) is 0 Å². The number of nitrogens with zero attached hydrogens (tertiary/aromatic N) is 2. The molecule has 0 atom stereocenters. The summed E-state index contributed by atoms with van der Waals surface area (Å²) in [6, 6.07) is 16.0. The van der Waals surface area contributed by atoms with Crippen LogP contribution >= 0.6 is 0 Å². The maximum Gasteiger partial charge on any atom is 0.261 e. The molecule has 0 saturated carbocycles. The average Bonchev–Trinajstić information content (AvgIpc) is 3.06. The second kappa shape index (κ2) is 7.67. The molecule has 8 heteroatoms. The van der Waals surface area contributed by atoms with Crippen LogP contribution in [0, 0.1) is 0 Å². The lowest BCUT2D eigenvalue weighted by atomic mass is 10.2. The van der Waals surface area contributed by atoms with Gasteiger partial charge in [-0.1, -0.05) is 12.1 Å². The summed E-state index contributed by atoms with van der Waals surface area (Å²) < 4.78 is 12.5. The van der Waals surface area contributed by atoms with Crippen LogP contribution in [0.2, 0.25) is 0 Å². The van der Waals surface area contributed by atoms with E-state index in [0.717, 1.165) is 0 Å². The van der Waals surface area contributed by atoms with Gasteiger partial charge in [-0.05, 0) is 24.3 Å². The highest BCUT2D eigenvalue weighted by atomic mass is 16.5. The zero-order chi connectivity index (χ0) is 21.3. The molecule has 2 aromatic heterocycles. The summed E-state index contributed by atoms with van der Waals surface area (Å²) >= 11 is 0. The third-order valence-electron chi connectivity index (χ3n) is 4.79. The Kier molecular flexibility index (Phi) is 4.89. The number of para-hydroxylation sites is 2. The van der Waals surface area contributed by atoms with E-state index in [1.165, 1.54) is 0 Å². The monoisotopic (exact) mass is 403 g/mol. The van der Waals surface area contributed by atoms with Crippen LogP contribution in [-0.4, -0.2) is 29.7 Å². The number of methoxy groups -OCH3 is 2. The van der Waals surface area contributed by atoms with Crippen LogP contribution in [0.25, 0.3) is 16.7 Å². The molecular weight excluding hydrogens is 382 g/mol. The lowest BCUT2D eigenvalue weighted by Crippen LogP contribution is -2.15. The van der Waals surface area contributed by atoms with Crippen LogP contribution in [0.5, 0.6) is 11.5 Å². The number of ether oxygens (including phenoxy) is 2. The number of benzene rings is 2. The van der Waals surface area contributed by atoms with Crippen molar-refractivity contribution in [3.05, 3.63) is 66.4 Å². The Morgan fingerprint density at radius 1 is 1.00 bits per heavy atom. The first-order valence-corrected chi connectivity index (χ1v) is 9.17. The summed E-state index contributed by atoms with van der Waals surface area (Å²) in [6.07, 6.45) is 1.62. The number of nitrogens with two attached hydrogens (primary N) is 2. The van der Waals surface area contributed by atoms with Crippen molar-refractivity contribution in [2.75, 3.05) is 31.0 Å². The third-order valence-corrected chi connectivity index (χ3v) is 4.79. The first-order chi connectivity index (χ1) is 14.5. The molecule has 152 valence electrons. The number of aromatic nitrogens is 2. The second-order valence-corrected chi connectivity index (χ2v) is 6.58. The predicted octanol–water partition coefficient (Wildman–Crippen LogP) is 3.46. The molecule has 0 bridgehead atoms. The van der Waals surface area contributed by atoms with Crippen molar-refractivity contribution in [1.29, 1.82) is 0 Å². The van der Waals surface area contributed by atoms with Crippen LogP contribution in [0.4, 0.5) is 17.2 Å². The Morgan fingerprint density at radius 3 is 2.37 bits per heavy atom. The topological polar surface area (TPSA) is 117 Å². The fourth-order valence-corrected chi connectivity index (χ4v) is 3.35. The summed E-state index contributed by atoms with van der Waals surface area (Å²) in [4.78, 5) is 17.5. The van der Waals surface area contributed by atoms with E-state index < -0.39 is 5.91 Å². The number of nitrogens with one attached hydrogen (secondary N) is 1. The van der Waals surface area contributed by atoms with Gasteiger partial charge in [0.25, 0.3) is 5.91 Å². The molecule has 0 spiro atoms. The van der Waals surface area contributed by atoms with Crippen molar-refractivity contribution in [3.63, 3.8) is 0 Å². The quantitative estimate of drug-likeness (QED) is 0.439. The zero-order valence-corrected chi connectivity index (χ0v) is 16.5. The van der Waals surface area contributed by atoms with Crippen molar-refractivity contribution < 1.29 is 14.3 Å². The Bertz CT molecular complexity index is 1230. The number of amides is 1. The van der Waals surface area contributed by atoms with E-state index >= 15 is 0 Å². The number of rotatable bonds is 5. The van der Waals surface area contributed by atoms with Gasteiger partial charge in [-0.15, -0.1) is 0 Å². The lowest BCUT2D eigenvalue weighted by Gasteiger charge is -2.12. The van der Waals surface area contributed by atoms with Gasteiger partial charge in [-0.3, -0.25) is 14.3 Å². The molecule has 8 nitrogen and oxygen atoms in total. The van der Waals surface area contributed by atoms with E-state index in [1.54, 1.807) is 61.4 Å².